The summed E-state index contributed by atoms with van der Waals surface area (Å²) in [6.07, 6.45) is 8.93. The van der Waals surface area contributed by atoms with Crippen molar-refractivity contribution in [1.82, 2.24) is 25.3 Å². The number of amides is 1. The number of phenols is 1. The number of hydrogen-bond donors (Lipinski definition) is 4. The zero-order chi connectivity index (χ0) is 36.2. The highest BCUT2D eigenvalue weighted by atomic mass is 19.4. The summed E-state index contributed by atoms with van der Waals surface area (Å²) in [7, 11) is 1.51. The number of alkyl halides is 3. The summed E-state index contributed by atoms with van der Waals surface area (Å²) in [5, 5.41) is 26.8. The third kappa shape index (κ3) is 8.38. The number of fused-ring (bicyclic) bond motifs is 5. The molecule has 1 aliphatic heterocycles. The first-order valence-electron chi connectivity index (χ1n) is 17.8. The average Bonchev–Trinajstić information content (AvgIpc) is 3.43. The Hall–Kier alpha value is -4.04. The van der Waals surface area contributed by atoms with E-state index in [4.69, 9.17) is 9.47 Å². The van der Waals surface area contributed by atoms with Gasteiger partial charge in [-0.1, -0.05) is 13.0 Å². The van der Waals surface area contributed by atoms with Crippen LogP contribution in [-0.2, 0) is 17.3 Å². The molecule has 3 fully saturated rings. The number of nitrogens with one attached hydrogen (secondary N) is 2. The molecule has 51 heavy (non-hydrogen) atoms. The molecule has 11 nitrogen and oxygen atoms in total. The predicted octanol–water partition coefficient (Wildman–Crippen LogP) is 5.93. The molecule has 2 saturated carbocycles. The summed E-state index contributed by atoms with van der Waals surface area (Å²) < 4.78 is 47.4. The van der Waals surface area contributed by atoms with Crippen LogP contribution in [0.25, 0.3) is 0 Å². The van der Waals surface area contributed by atoms with Crippen LogP contribution in [0.15, 0.2) is 43.0 Å². The van der Waals surface area contributed by atoms with E-state index in [1.165, 1.54) is 36.8 Å². The molecule has 7 unspecified atom stereocenters. The lowest BCUT2D eigenvalue weighted by Crippen LogP contribution is -2.47. The van der Waals surface area contributed by atoms with Gasteiger partial charge in [-0.25, -0.2) is 15.0 Å². The number of rotatable bonds is 8. The highest BCUT2D eigenvalue weighted by Crippen LogP contribution is 2.62. The molecule has 0 bridgehead atoms. The lowest BCUT2D eigenvalue weighted by atomic mass is 9.52. The van der Waals surface area contributed by atoms with Crippen LogP contribution in [-0.4, -0.2) is 75.1 Å². The maximum atomic E-state index is 12.4. The van der Waals surface area contributed by atoms with Crippen LogP contribution in [0.1, 0.15) is 91.5 Å². The minimum Gasteiger partial charge on any atom is -0.508 e. The van der Waals surface area contributed by atoms with Crippen LogP contribution in [0.2, 0.25) is 0 Å². The first-order valence-corrected chi connectivity index (χ1v) is 17.8. The number of methoxy groups -OCH3 is 1. The number of benzene rings is 1. The van der Waals surface area contributed by atoms with Gasteiger partial charge in [-0.15, -0.1) is 0 Å². The van der Waals surface area contributed by atoms with Gasteiger partial charge < -0.3 is 30.3 Å². The van der Waals surface area contributed by atoms with Crippen molar-refractivity contribution in [3.05, 3.63) is 65.5 Å². The van der Waals surface area contributed by atoms with Crippen molar-refractivity contribution in [3.63, 3.8) is 0 Å². The van der Waals surface area contributed by atoms with Crippen molar-refractivity contribution in [2.45, 2.75) is 89.0 Å². The number of aromatic nitrogens is 4. The van der Waals surface area contributed by atoms with Gasteiger partial charge in [0.1, 0.15) is 17.3 Å². The highest BCUT2D eigenvalue weighted by Gasteiger charge is 2.56. The van der Waals surface area contributed by atoms with Crippen LogP contribution in [0.3, 0.4) is 0 Å². The minimum atomic E-state index is -4.46. The van der Waals surface area contributed by atoms with E-state index in [2.05, 4.69) is 43.6 Å². The van der Waals surface area contributed by atoms with Gasteiger partial charge in [-0.2, -0.15) is 13.2 Å². The Kier molecular flexibility index (Phi) is 11.3. The van der Waals surface area contributed by atoms with Gasteiger partial charge >= 0.3 is 6.18 Å². The SMILES string of the molecule is COc1cnc(C(=O)NCCCC2Cc3cc(O)ccc3C3CCC4(C)C(O)CCC4C23)cn1.FC(F)(F)c1cncc(NC2CCCOC2)n1. The molecule has 4 aliphatic rings. The smallest absolute Gasteiger partial charge is 0.434 e. The Labute approximate surface area is 295 Å². The van der Waals surface area contributed by atoms with E-state index < -0.39 is 11.9 Å². The van der Waals surface area contributed by atoms with E-state index in [9.17, 15) is 28.2 Å². The number of carbonyl (C=O) groups is 1. The van der Waals surface area contributed by atoms with Gasteiger partial charge in [-0.05, 0) is 110 Å². The van der Waals surface area contributed by atoms with Crippen molar-refractivity contribution in [2.24, 2.45) is 23.2 Å². The van der Waals surface area contributed by atoms with Gasteiger partial charge in [0, 0.05) is 13.2 Å². The van der Waals surface area contributed by atoms with Crippen LogP contribution < -0.4 is 15.4 Å². The van der Waals surface area contributed by atoms with Crippen molar-refractivity contribution in [1.29, 1.82) is 0 Å². The molecule has 7 atom stereocenters. The third-order valence-electron chi connectivity index (χ3n) is 11.4. The maximum absolute atomic E-state index is 12.4. The topological polar surface area (TPSA) is 152 Å². The second-order valence-electron chi connectivity index (χ2n) is 14.5. The minimum absolute atomic E-state index is 0.00142. The van der Waals surface area contributed by atoms with E-state index in [0.29, 0.717) is 61.3 Å². The van der Waals surface area contributed by atoms with E-state index in [0.717, 1.165) is 57.8 Å². The number of halogens is 3. The summed E-state index contributed by atoms with van der Waals surface area (Å²) in [5.41, 5.74) is 1.97. The zero-order valence-corrected chi connectivity index (χ0v) is 29.0. The molecule has 3 aliphatic carbocycles. The van der Waals surface area contributed by atoms with Crippen molar-refractivity contribution in [2.75, 3.05) is 32.2 Å². The fourth-order valence-electron chi connectivity index (χ4n) is 8.86. The number of ether oxygens (including phenoxy) is 2. The number of phenolic OH excluding ortho intramolecular Hbond substituents is 1. The average molecular weight is 713 g/mol. The number of aliphatic hydroxyl groups is 1. The van der Waals surface area contributed by atoms with E-state index in [1.54, 1.807) is 0 Å². The fourth-order valence-corrected chi connectivity index (χ4v) is 8.86. The maximum Gasteiger partial charge on any atom is 0.434 e. The molecule has 4 N–H and O–H groups in total. The van der Waals surface area contributed by atoms with Crippen molar-refractivity contribution < 1.29 is 37.7 Å². The second kappa shape index (κ2) is 15.7. The van der Waals surface area contributed by atoms with Gasteiger partial charge in [0.2, 0.25) is 5.88 Å². The molecule has 3 heterocycles. The number of aromatic hydroxyl groups is 1. The Bertz CT molecular complexity index is 1640. The number of nitrogens with zero attached hydrogens (tertiary/aromatic N) is 4. The van der Waals surface area contributed by atoms with Crippen LogP contribution in [0.4, 0.5) is 19.0 Å². The second-order valence-corrected chi connectivity index (χ2v) is 14.5. The number of aliphatic hydroxyl groups excluding tert-OH is 1. The monoisotopic (exact) mass is 712 g/mol. The molecular formula is C37H47F3N6O5. The van der Waals surface area contributed by atoms with Gasteiger partial charge in [0.25, 0.3) is 5.91 Å². The van der Waals surface area contributed by atoms with Crippen LogP contribution >= 0.6 is 0 Å². The first-order chi connectivity index (χ1) is 24.5. The van der Waals surface area contributed by atoms with Gasteiger partial charge in [0.05, 0.1) is 50.6 Å². The Morgan fingerprint density at radius 2 is 1.96 bits per heavy atom. The quantitative estimate of drug-likeness (QED) is 0.207. The molecule has 0 spiro atoms. The summed E-state index contributed by atoms with van der Waals surface area (Å²) >= 11 is 0. The molecule has 14 heteroatoms. The normalized spacial score (nSPS) is 28.3. The Morgan fingerprint density at radius 3 is 2.69 bits per heavy atom. The number of hydrogen-bond acceptors (Lipinski definition) is 10. The zero-order valence-electron chi connectivity index (χ0n) is 29.0. The molecule has 3 aromatic rings. The molecule has 276 valence electrons. The first kappa shape index (κ1) is 36.7. The van der Waals surface area contributed by atoms with Gasteiger partial charge in [0.15, 0.2) is 5.69 Å². The molecule has 1 saturated heterocycles. The molecule has 7 rings (SSSR count). The predicted molar refractivity (Wildman–Crippen MR) is 182 cm³/mol. The summed E-state index contributed by atoms with van der Waals surface area (Å²) in [6.45, 7) is 4.06. The van der Waals surface area contributed by atoms with Crippen LogP contribution in [0, 0.1) is 23.2 Å². The molecular weight excluding hydrogens is 665 g/mol. The lowest BCUT2D eigenvalue weighted by Gasteiger charge is -2.53. The highest BCUT2D eigenvalue weighted by molar-refractivity contribution is 5.91. The number of carbonyl (C=O) groups excluding carboxylic acids is 1. The summed E-state index contributed by atoms with van der Waals surface area (Å²) in [4.78, 5) is 27.6. The fraction of sp³-hybridized carbons (Fsp3) is 0.595. The van der Waals surface area contributed by atoms with E-state index >= 15 is 0 Å². The van der Waals surface area contributed by atoms with Crippen molar-refractivity contribution >= 4 is 11.7 Å². The van der Waals surface area contributed by atoms with Crippen LogP contribution in [0.5, 0.6) is 11.6 Å². The lowest BCUT2D eigenvalue weighted by molar-refractivity contribution is -0.141. The van der Waals surface area contributed by atoms with E-state index in [-0.39, 0.29) is 35.0 Å². The molecule has 1 aromatic carbocycles. The van der Waals surface area contributed by atoms with Gasteiger partial charge in [-0.3, -0.25) is 9.78 Å². The largest absolute Gasteiger partial charge is 0.508 e. The summed E-state index contributed by atoms with van der Waals surface area (Å²) in [5.74, 6) is 2.65. The molecule has 1 amide bonds. The summed E-state index contributed by atoms with van der Waals surface area (Å²) in [6, 6.07) is 5.90. The van der Waals surface area contributed by atoms with E-state index in [1.807, 2.05) is 12.1 Å². The standard InChI is InChI=1S/C27H35N3O4.C10H12F3N3O/c1-27-10-9-20-19-6-5-18(31)13-17(19)12-16(25(20)21(27)7-8-23(27)32)4-3-11-28-26(33)22-14-30-24(34-2)15-29-22;11-10(12,13)8-4-14-5-9(16-8)15-7-2-1-3-17-6-7/h5-6,13-16,20-21,23,25,31-32H,3-4,7-12H2,1-2H3,(H,28,33);4-5,7H,1-3,6H2,(H,15,16). The molecule has 2 aromatic heterocycles. The Morgan fingerprint density at radius 1 is 1.12 bits per heavy atom. The molecule has 0 radical (unpaired) electrons. The van der Waals surface area contributed by atoms with Crippen molar-refractivity contribution in [3.8, 4) is 11.6 Å². The third-order valence-corrected chi connectivity index (χ3v) is 11.4. The number of anilines is 1. The Balaban J connectivity index is 0.000000221.